The number of hydrogen-bond acceptors (Lipinski definition) is 5. The molecule has 2 aromatic carbocycles. The number of allylic oxidation sites excluding steroid dienone is 1. The maximum atomic E-state index is 12.3. The van der Waals surface area contributed by atoms with Crippen LogP contribution in [0.5, 0.6) is 0 Å². The highest BCUT2D eigenvalue weighted by Gasteiger charge is 2.07. The molecule has 0 aliphatic rings. The molecule has 1 aromatic heterocycles. The molecule has 0 aliphatic carbocycles. The van der Waals surface area contributed by atoms with Gasteiger partial charge in [-0.25, -0.2) is 4.99 Å². The molecule has 1 heterocycles. The van der Waals surface area contributed by atoms with E-state index >= 15 is 0 Å². The van der Waals surface area contributed by atoms with Crippen LogP contribution < -0.4 is 16.4 Å². The van der Waals surface area contributed by atoms with Gasteiger partial charge in [0.2, 0.25) is 0 Å². The van der Waals surface area contributed by atoms with Crippen LogP contribution in [0.2, 0.25) is 5.02 Å². The van der Waals surface area contributed by atoms with Crippen LogP contribution in [0.4, 0.5) is 11.4 Å². The molecule has 0 bridgehead atoms. The van der Waals surface area contributed by atoms with Crippen molar-refractivity contribution >= 4 is 34.6 Å². The quantitative estimate of drug-likeness (QED) is 0.480. The normalized spacial score (nSPS) is 11.3. The molecule has 0 fully saturated rings. The molecule has 0 saturated carbocycles. The molecule has 150 valence electrons. The molecular formula is C23H20ClN5O. The van der Waals surface area contributed by atoms with E-state index in [4.69, 9.17) is 17.3 Å². The Bertz CT molecular complexity index is 1070. The zero-order valence-electron chi connectivity index (χ0n) is 16.0. The van der Waals surface area contributed by atoms with Crippen LogP contribution in [0, 0.1) is 0 Å². The van der Waals surface area contributed by atoms with Crippen LogP contribution in [0.1, 0.15) is 15.9 Å². The molecule has 0 aliphatic heterocycles. The van der Waals surface area contributed by atoms with Gasteiger partial charge in [-0.3, -0.25) is 9.78 Å². The molecule has 0 unspecified atom stereocenters. The van der Waals surface area contributed by atoms with E-state index in [1.54, 1.807) is 67.0 Å². The summed E-state index contributed by atoms with van der Waals surface area (Å²) in [6, 6.07) is 17.7. The number of nitrogens with two attached hydrogens (primary N) is 1. The number of pyridine rings is 1. The van der Waals surface area contributed by atoms with Gasteiger partial charge in [-0.15, -0.1) is 0 Å². The average molecular weight is 418 g/mol. The average Bonchev–Trinajstić information content (AvgIpc) is 2.75. The lowest BCUT2D eigenvalue weighted by Crippen LogP contribution is -2.11. The summed E-state index contributed by atoms with van der Waals surface area (Å²) in [5.41, 5.74) is 9.00. The molecule has 3 aromatic rings. The van der Waals surface area contributed by atoms with Gasteiger partial charge in [0.1, 0.15) is 5.82 Å². The molecule has 0 saturated heterocycles. The molecule has 6 nitrogen and oxygen atoms in total. The van der Waals surface area contributed by atoms with E-state index < -0.39 is 0 Å². The molecule has 0 radical (unpaired) electrons. The van der Waals surface area contributed by atoms with E-state index in [1.165, 1.54) is 6.20 Å². The second kappa shape index (κ2) is 10.0. The van der Waals surface area contributed by atoms with Crippen molar-refractivity contribution in [3.05, 3.63) is 114 Å². The highest BCUT2D eigenvalue weighted by atomic mass is 35.5. The van der Waals surface area contributed by atoms with Crippen molar-refractivity contribution in [3.63, 3.8) is 0 Å². The smallest absolute Gasteiger partial charge is 0.255 e. The monoisotopic (exact) mass is 417 g/mol. The van der Waals surface area contributed by atoms with Gasteiger partial charge in [0.25, 0.3) is 5.91 Å². The maximum absolute atomic E-state index is 12.3. The summed E-state index contributed by atoms with van der Waals surface area (Å²) in [5, 5.41) is 6.56. The van der Waals surface area contributed by atoms with Crippen LogP contribution in [0.3, 0.4) is 0 Å². The number of nitrogens with zero attached hydrogens (tertiary/aromatic N) is 2. The zero-order chi connectivity index (χ0) is 21.3. The Morgan fingerprint density at radius 3 is 2.17 bits per heavy atom. The van der Waals surface area contributed by atoms with Crippen LogP contribution in [0.25, 0.3) is 0 Å². The first-order valence-electron chi connectivity index (χ1n) is 9.05. The van der Waals surface area contributed by atoms with Crippen LogP contribution in [-0.4, -0.2) is 16.6 Å². The standard InChI is InChI=1S/C23H20ClN5O/c1-16(28-22(10-13-25)17-2-6-19(24)7-3-17)27-20-8-4-18(5-9-20)23(30)29-21-11-14-26-15-12-21/h2-15,27H,1,25H2,(H,26,29,30)/b13-10-,28-22+. The van der Waals surface area contributed by atoms with Gasteiger partial charge < -0.3 is 16.4 Å². The number of anilines is 2. The van der Waals surface area contributed by atoms with Crippen LogP contribution in [0.15, 0.2) is 103 Å². The number of carbonyl (C=O) groups is 1. The van der Waals surface area contributed by atoms with E-state index in [0.29, 0.717) is 27.8 Å². The predicted molar refractivity (Wildman–Crippen MR) is 123 cm³/mol. The predicted octanol–water partition coefficient (Wildman–Crippen LogP) is 4.83. The van der Waals surface area contributed by atoms with E-state index in [0.717, 1.165) is 11.3 Å². The Hall–Kier alpha value is -3.90. The largest absolute Gasteiger partial charge is 0.405 e. The van der Waals surface area contributed by atoms with Crippen molar-refractivity contribution in [2.75, 3.05) is 10.6 Å². The zero-order valence-corrected chi connectivity index (χ0v) is 16.8. The highest BCUT2D eigenvalue weighted by molar-refractivity contribution is 6.30. The third kappa shape index (κ3) is 5.80. The van der Waals surface area contributed by atoms with Crippen molar-refractivity contribution in [2.24, 2.45) is 10.7 Å². The van der Waals surface area contributed by atoms with Gasteiger partial charge in [0.15, 0.2) is 0 Å². The summed E-state index contributed by atoms with van der Waals surface area (Å²) < 4.78 is 0. The lowest BCUT2D eigenvalue weighted by atomic mass is 10.1. The Morgan fingerprint density at radius 2 is 1.53 bits per heavy atom. The van der Waals surface area contributed by atoms with Crippen LogP contribution in [-0.2, 0) is 0 Å². The van der Waals surface area contributed by atoms with Gasteiger partial charge in [-0.2, -0.15) is 0 Å². The Kier molecular flexibility index (Phi) is 6.97. The first-order chi connectivity index (χ1) is 14.5. The van der Waals surface area contributed by atoms with Crippen molar-refractivity contribution in [2.45, 2.75) is 0 Å². The fraction of sp³-hybridized carbons (Fsp3) is 0. The molecule has 30 heavy (non-hydrogen) atoms. The van der Waals surface area contributed by atoms with Gasteiger partial charge in [0, 0.05) is 39.9 Å². The van der Waals surface area contributed by atoms with Gasteiger partial charge in [0.05, 0.1) is 5.71 Å². The van der Waals surface area contributed by atoms with E-state index in [2.05, 4.69) is 27.2 Å². The highest BCUT2D eigenvalue weighted by Crippen LogP contribution is 2.16. The van der Waals surface area contributed by atoms with Crippen LogP contribution >= 0.6 is 11.6 Å². The number of amides is 1. The summed E-state index contributed by atoms with van der Waals surface area (Å²) in [6.45, 7) is 3.94. The number of rotatable bonds is 7. The number of carbonyl (C=O) groups excluding carboxylic acids is 1. The molecular weight excluding hydrogens is 398 g/mol. The molecule has 0 spiro atoms. The van der Waals surface area contributed by atoms with Crippen molar-refractivity contribution in [3.8, 4) is 0 Å². The third-order valence-electron chi connectivity index (χ3n) is 4.02. The molecule has 3 rings (SSSR count). The van der Waals surface area contributed by atoms with Crippen molar-refractivity contribution in [1.29, 1.82) is 0 Å². The van der Waals surface area contributed by atoms with Crippen molar-refractivity contribution in [1.82, 2.24) is 4.98 Å². The van der Waals surface area contributed by atoms with E-state index in [-0.39, 0.29) is 5.91 Å². The molecule has 7 heteroatoms. The summed E-state index contributed by atoms with van der Waals surface area (Å²) in [7, 11) is 0. The Balaban J connectivity index is 1.68. The Morgan fingerprint density at radius 1 is 0.933 bits per heavy atom. The first-order valence-corrected chi connectivity index (χ1v) is 9.43. The summed E-state index contributed by atoms with van der Waals surface area (Å²) in [6.07, 6.45) is 6.33. The SMILES string of the molecule is C=C(/N=C(\C=C/N)c1ccc(Cl)cc1)Nc1ccc(C(=O)Nc2ccncc2)cc1. The van der Waals surface area contributed by atoms with Gasteiger partial charge in [-0.1, -0.05) is 30.3 Å². The molecule has 1 amide bonds. The Labute approximate surface area is 179 Å². The third-order valence-corrected chi connectivity index (χ3v) is 4.28. The lowest BCUT2D eigenvalue weighted by molar-refractivity contribution is 0.102. The number of nitrogens with one attached hydrogen (secondary N) is 2. The number of hydrogen-bond donors (Lipinski definition) is 3. The lowest BCUT2D eigenvalue weighted by Gasteiger charge is -2.09. The fourth-order valence-electron chi connectivity index (χ4n) is 2.59. The second-order valence-corrected chi connectivity index (χ2v) is 6.64. The van der Waals surface area contributed by atoms with Gasteiger partial charge >= 0.3 is 0 Å². The van der Waals surface area contributed by atoms with Gasteiger partial charge in [-0.05, 0) is 60.8 Å². The topological polar surface area (TPSA) is 92.4 Å². The van der Waals surface area contributed by atoms with E-state index in [9.17, 15) is 4.79 Å². The van der Waals surface area contributed by atoms with E-state index in [1.807, 2.05) is 12.1 Å². The number of halogens is 1. The number of aliphatic imine (C=N–C) groups is 1. The second-order valence-electron chi connectivity index (χ2n) is 6.20. The number of benzene rings is 2. The number of aromatic nitrogens is 1. The molecule has 4 N–H and O–H groups in total. The van der Waals surface area contributed by atoms with Crippen molar-refractivity contribution < 1.29 is 4.79 Å². The summed E-state index contributed by atoms with van der Waals surface area (Å²) in [4.78, 5) is 20.7. The summed E-state index contributed by atoms with van der Waals surface area (Å²) >= 11 is 5.94. The molecule has 0 atom stereocenters. The summed E-state index contributed by atoms with van der Waals surface area (Å²) in [5.74, 6) is 0.217. The minimum atomic E-state index is -0.206. The minimum Gasteiger partial charge on any atom is -0.405 e. The minimum absolute atomic E-state index is 0.206. The first kappa shape index (κ1) is 20.8. The maximum Gasteiger partial charge on any atom is 0.255 e. The fourth-order valence-corrected chi connectivity index (χ4v) is 2.72.